The van der Waals surface area contributed by atoms with E-state index in [1.165, 1.54) is 0 Å². The molecule has 1 aliphatic heterocycles. The Morgan fingerprint density at radius 3 is 2.47 bits per heavy atom. The molecule has 1 fully saturated rings. The minimum absolute atomic E-state index is 0.0952. The molecule has 8 nitrogen and oxygen atoms in total. The first-order valence-electron chi connectivity index (χ1n) is 5.78. The molecule has 0 radical (unpaired) electrons. The topological polar surface area (TPSA) is 121 Å². The molecule has 0 aromatic heterocycles. The fraction of sp³-hybridized carbons (Fsp3) is 0.636. The number of esters is 1. The number of hydrogen-bond acceptors (Lipinski definition) is 5. The molecular formula is C11H15NO7. The van der Waals surface area contributed by atoms with Crippen LogP contribution in [0.3, 0.4) is 0 Å². The molecule has 0 aromatic carbocycles. The van der Waals surface area contributed by atoms with Crippen molar-refractivity contribution in [2.75, 3.05) is 19.7 Å². The summed E-state index contributed by atoms with van der Waals surface area (Å²) < 4.78 is 4.70. The van der Waals surface area contributed by atoms with Crippen LogP contribution in [0.4, 0.5) is 0 Å². The molecule has 0 aliphatic carbocycles. The number of ether oxygens (including phenoxy) is 1. The van der Waals surface area contributed by atoms with Crippen LogP contribution in [-0.4, -0.2) is 58.6 Å². The van der Waals surface area contributed by atoms with Gasteiger partial charge in [0.2, 0.25) is 5.91 Å². The lowest BCUT2D eigenvalue weighted by Gasteiger charge is -2.27. The molecule has 1 atom stereocenters. The van der Waals surface area contributed by atoms with Crippen LogP contribution in [0.5, 0.6) is 0 Å². The van der Waals surface area contributed by atoms with Gasteiger partial charge in [0.05, 0.1) is 25.4 Å². The van der Waals surface area contributed by atoms with Crippen LogP contribution in [-0.2, 0) is 23.9 Å². The highest BCUT2D eigenvalue weighted by molar-refractivity contribution is 5.87. The molecule has 19 heavy (non-hydrogen) atoms. The highest BCUT2D eigenvalue weighted by Crippen LogP contribution is 2.18. The van der Waals surface area contributed by atoms with Gasteiger partial charge in [-0.25, -0.2) is 0 Å². The highest BCUT2D eigenvalue weighted by Gasteiger charge is 2.31. The second-order valence-corrected chi connectivity index (χ2v) is 4.21. The molecule has 1 rings (SSSR count). The van der Waals surface area contributed by atoms with Crippen molar-refractivity contribution in [2.45, 2.75) is 19.3 Å². The Bertz CT molecular complexity index is 393. The third-order valence-corrected chi connectivity index (χ3v) is 2.73. The van der Waals surface area contributed by atoms with E-state index < -0.39 is 36.3 Å². The van der Waals surface area contributed by atoms with Gasteiger partial charge < -0.3 is 19.8 Å². The average Bonchev–Trinajstić information content (AvgIpc) is 2.33. The summed E-state index contributed by atoms with van der Waals surface area (Å²) in [6.07, 6.45) is -0.105. The van der Waals surface area contributed by atoms with E-state index in [9.17, 15) is 19.2 Å². The summed E-state index contributed by atoms with van der Waals surface area (Å²) in [6, 6.07) is 0. The van der Waals surface area contributed by atoms with Crippen molar-refractivity contribution >= 4 is 23.8 Å². The summed E-state index contributed by atoms with van der Waals surface area (Å²) in [5.74, 6) is -3.99. The van der Waals surface area contributed by atoms with Gasteiger partial charge in [-0.15, -0.1) is 0 Å². The number of carbonyl (C=O) groups is 4. The number of aliphatic carboxylic acids is 2. The predicted octanol–water partition coefficient (Wildman–Crippen LogP) is -0.672. The molecule has 8 heteroatoms. The summed E-state index contributed by atoms with van der Waals surface area (Å²) in [6.45, 7) is -0.640. The van der Waals surface area contributed by atoms with Crippen molar-refractivity contribution in [3.63, 3.8) is 0 Å². The number of carboxylic acids is 2. The monoisotopic (exact) mass is 273 g/mol. The molecule has 0 aromatic rings. The van der Waals surface area contributed by atoms with Gasteiger partial charge in [0, 0.05) is 6.54 Å². The van der Waals surface area contributed by atoms with E-state index in [0.717, 1.165) is 4.90 Å². The van der Waals surface area contributed by atoms with E-state index in [1.807, 2.05) is 0 Å². The van der Waals surface area contributed by atoms with Crippen molar-refractivity contribution in [3.05, 3.63) is 0 Å². The molecule has 0 saturated carbocycles. The highest BCUT2D eigenvalue weighted by atomic mass is 16.5. The standard InChI is InChI=1S/C11H15NO7/c13-8(14)1-3-12(6-9(15)16)11(18)7-2-4-19-10(17)5-7/h7H,1-6H2,(H,13,14)(H,15,16). The lowest BCUT2D eigenvalue weighted by molar-refractivity contribution is -0.157. The van der Waals surface area contributed by atoms with Gasteiger partial charge in [-0.1, -0.05) is 0 Å². The molecular weight excluding hydrogens is 258 g/mol. The molecule has 0 spiro atoms. The van der Waals surface area contributed by atoms with Crippen molar-refractivity contribution in [1.29, 1.82) is 0 Å². The van der Waals surface area contributed by atoms with Crippen LogP contribution in [0.1, 0.15) is 19.3 Å². The van der Waals surface area contributed by atoms with E-state index in [2.05, 4.69) is 0 Å². The van der Waals surface area contributed by atoms with Gasteiger partial charge in [0.15, 0.2) is 0 Å². The molecule has 0 bridgehead atoms. The fourth-order valence-electron chi connectivity index (χ4n) is 1.81. The van der Waals surface area contributed by atoms with E-state index in [0.29, 0.717) is 6.42 Å². The van der Waals surface area contributed by atoms with E-state index in [1.54, 1.807) is 0 Å². The first kappa shape index (κ1) is 14.9. The first-order chi connectivity index (χ1) is 8.90. The maximum atomic E-state index is 12.1. The van der Waals surface area contributed by atoms with Crippen LogP contribution in [0.25, 0.3) is 0 Å². The number of nitrogens with zero attached hydrogens (tertiary/aromatic N) is 1. The number of hydrogen-bond donors (Lipinski definition) is 2. The normalized spacial score (nSPS) is 18.5. The molecule has 1 amide bonds. The van der Waals surface area contributed by atoms with Crippen molar-refractivity contribution in [3.8, 4) is 0 Å². The molecule has 1 aliphatic rings. The van der Waals surface area contributed by atoms with Gasteiger partial charge in [-0.2, -0.15) is 0 Å². The smallest absolute Gasteiger partial charge is 0.323 e. The molecule has 1 heterocycles. The quantitative estimate of drug-likeness (QED) is 0.615. The predicted molar refractivity (Wildman–Crippen MR) is 60.2 cm³/mol. The number of carboxylic acid groups (broad SMARTS) is 2. The van der Waals surface area contributed by atoms with Gasteiger partial charge in [-0.3, -0.25) is 19.2 Å². The molecule has 2 N–H and O–H groups in total. The lowest BCUT2D eigenvalue weighted by Crippen LogP contribution is -2.43. The van der Waals surface area contributed by atoms with Crippen molar-refractivity contribution in [2.24, 2.45) is 5.92 Å². The third-order valence-electron chi connectivity index (χ3n) is 2.73. The Kier molecular flexibility index (Phi) is 5.28. The Hall–Kier alpha value is -2.12. The Morgan fingerprint density at radius 2 is 1.95 bits per heavy atom. The van der Waals surface area contributed by atoms with E-state index >= 15 is 0 Å². The van der Waals surface area contributed by atoms with Crippen LogP contribution in [0.2, 0.25) is 0 Å². The van der Waals surface area contributed by atoms with Crippen LogP contribution in [0.15, 0.2) is 0 Å². The van der Waals surface area contributed by atoms with Gasteiger partial charge in [-0.05, 0) is 6.42 Å². The van der Waals surface area contributed by atoms with Crippen LogP contribution in [0, 0.1) is 5.92 Å². The first-order valence-corrected chi connectivity index (χ1v) is 5.78. The number of carbonyl (C=O) groups excluding carboxylic acids is 2. The largest absolute Gasteiger partial charge is 0.481 e. The summed E-state index contributed by atoms with van der Waals surface area (Å²) in [5, 5.41) is 17.3. The molecule has 106 valence electrons. The second-order valence-electron chi connectivity index (χ2n) is 4.21. The summed E-state index contributed by atoms with van der Waals surface area (Å²) in [5.41, 5.74) is 0. The Morgan fingerprint density at radius 1 is 1.26 bits per heavy atom. The maximum absolute atomic E-state index is 12.1. The molecule has 1 unspecified atom stereocenters. The zero-order valence-electron chi connectivity index (χ0n) is 10.2. The van der Waals surface area contributed by atoms with Crippen LogP contribution < -0.4 is 0 Å². The lowest BCUT2D eigenvalue weighted by atomic mass is 9.98. The minimum Gasteiger partial charge on any atom is -0.481 e. The Balaban J connectivity index is 2.66. The molecule has 1 saturated heterocycles. The SMILES string of the molecule is O=C(O)CCN(CC(=O)O)C(=O)C1CCOC(=O)C1. The van der Waals surface area contributed by atoms with Gasteiger partial charge in [0.1, 0.15) is 6.54 Å². The van der Waals surface area contributed by atoms with Gasteiger partial charge >= 0.3 is 17.9 Å². The second kappa shape index (κ2) is 6.72. The number of amides is 1. The maximum Gasteiger partial charge on any atom is 0.323 e. The van der Waals surface area contributed by atoms with Crippen molar-refractivity contribution in [1.82, 2.24) is 4.90 Å². The summed E-state index contributed by atoms with van der Waals surface area (Å²) >= 11 is 0. The van der Waals surface area contributed by atoms with Gasteiger partial charge in [0.25, 0.3) is 0 Å². The minimum atomic E-state index is -1.22. The fourth-order valence-corrected chi connectivity index (χ4v) is 1.81. The van der Waals surface area contributed by atoms with Crippen molar-refractivity contribution < 1.29 is 34.1 Å². The average molecular weight is 273 g/mol. The third kappa shape index (κ3) is 4.94. The zero-order chi connectivity index (χ0) is 14.4. The van der Waals surface area contributed by atoms with E-state index in [4.69, 9.17) is 14.9 Å². The summed E-state index contributed by atoms with van der Waals surface area (Å²) in [7, 11) is 0. The summed E-state index contributed by atoms with van der Waals surface area (Å²) in [4.78, 5) is 45.3. The van der Waals surface area contributed by atoms with E-state index in [-0.39, 0.29) is 26.0 Å². The van der Waals surface area contributed by atoms with Crippen LogP contribution >= 0.6 is 0 Å². The zero-order valence-corrected chi connectivity index (χ0v) is 10.2. The number of rotatable bonds is 6. The number of cyclic esters (lactones) is 1. The Labute approximate surface area is 108 Å².